The summed E-state index contributed by atoms with van der Waals surface area (Å²) in [6, 6.07) is 18.4. The Bertz CT molecular complexity index is 1130. The Kier molecular flexibility index (Phi) is 6.25. The fraction of sp³-hybridized carbons (Fsp3) is 0.320. The lowest BCUT2D eigenvalue weighted by Gasteiger charge is -2.37. The van der Waals surface area contributed by atoms with Crippen molar-refractivity contribution in [2.24, 2.45) is 0 Å². The van der Waals surface area contributed by atoms with Crippen molar-refractivity contribution < 1.29 is 9.53 Å². The second-order valence-electron chi connectivity index (χ2n) is 8.05. The number of piperazine rings is 1. The van der Waals surface area contributed by atoms with E-state index in [4.69, 9.17) is 4.74 Å². The minimum atomic E-state index is -0.666. The maximum absolute atomic E-state index is 13.2. The summed E-state index contributed by atoms with van der Waals surface area (Å²) in [7, 11) is 1.65. The summed E-state index contributed by atoms with van der Waals surface area (Å²) in [6.07, 6.45) is 0. The fourth-order valence-corrected chi connectivity index (χ4v) is 3.93. The molecule has 2 aromatic carbocycles. The quantitative estimate of drug-likeness (QED) is 0.620. The molecule has 3 aromatic rings. The maximum Gasteiger partial charge on any atom is 0.267 e. The van der Waals surface area contributed by atoms with Crippen LogP contribution in [0.1, 0.15) is 18.5 Å². The average molecular weight is 433 g/mol. The van der Waals surface area contributed by atoms with Gasteiger partial charge in [0.05, 0.1) is 12.8 Å². The predicted molar refractivity (Wildman–Crippen MR) is 125 cm³/mol. The number of aryl methyl sites for hydroxylation is 1. The van der Waals surface area contributed by atoms with Gasteiger partial charge in [0.1, 0.15) is 11.8 Å². The first-order chi connectivity index (χ1) is 15.5. The Morgan fingerprint density at radius 3 is 2.22 bits per heavy atom. The largest absolute Gasteiger partial charge is 0.497 e. The van der Waals surface area contributed by atoms with Gasteiger partial charge in [-0.15, -0.1) is 0 Å². The van der Waals surface area contributed by atoms with Gasteiger partial charge in [0, 0.05) is 43.5 Å². The van der Waals surface area contributed by atoms with Crippen LogP contribution >= 0.6 is 0 Å². The molecule has 1 fully saturated rings. The summed E-state index contributed by atoms with van der Waals surface area (Å²) >= 11 is 0. The first-order valence-corrected chi connectivity index (χ1v) is 10.8. The fourth-order valence-electron chi connectivity index (χ4n) is 3.93. The van der Waals surface area contributed by atoms with E-state index in [2.05, 4.69) is 10.00 Å². The lowest BCUT2D eigenvalue weighted by Crippen LogP contribution is -2.51. The number of nitrogens with zero attached hydrogens (tertiary/aromatic N) is 4. The first kappa shape index (κ1) is 21.6. The molecule has 7 heteroatoms. The SMILES string of the molecule is COc1ccc(N2CCN(C(=O)C(C)n3nc(-c4ccc(C)cc4)ccc3=O)CC2)cc1. The third kappa shape index (κ3) is 4.51. The van der Waals surface area contributed by atoms with E-state index in [0.29, 0.717) is 18.8 Å². The molecule has 1 amide bonds. The van der Waals surface area contributed by atoms with E-state index in [1.165, 1.54) is 10.7 Å². The number of amides is 1. The molecule has 7 nitrogen and oxygen atoms in total. The van der Waals surface area contributed by atoms with Crippen molar-refractivity contribution in [1.82, 2.24) is 14.7 Å². The molecule has 0 radical (unpaired) electrons. The normalized spacial score (nSPS) is 14.8. The van der Waals surface area contributed by atoms with Crippen molar-refractivity contribution >= 4 is 11.6 Å². The van der Waals surface area contributed by atoms with Gasteiger partial charge in [0.2, 0.25) is 5.91 Å². The molecule has 1 aliphatic rings. The molecule has 1 unspecified atom stereocenters. The van der Waals surface area contributed by atoms with Crippen LogP contribution in [0.25, 0.3) is 11.3 Å². The maximum atomic E-state index is 13.2. The Morgan fingerprint density at radius 1 is 0.938 bits per heavy atom. The van der Waals surface area contributed by atoms with Crippen LogP contribution in [0.5, 0.6) is 5.75 Å². The zero-order chi connectivity index (χ0) is 22.7. The van der Waals surface area contributed by atoms with Crippen LogP contribution in [0.2, 0.25) is 0 Å². The highest BCUT2D eigenvalue weighted by atomic mass is 16.5. The van der Waals surface area contributed by atoms with E-state index >= 15 is 0 Å². The number of ether oxygens (including phenoxy) is 1. The van der Waals surface area contributed by atoms with Gasteiger partial charge in [-0.2, -0.15) is 5.10 Å². The zero-order valence-electron chi connectivity index (χ0n) is 18.7. The van der Waals surface area contributed by atoms with Crippen LogP contribution in [0.3, 0.4) is 0 Å². The highest BCUT2D eigenvalue weighted by molar-refractivity contribution is 5.80. The molecule has 32 heavy (non-hydrogen) atoms. The molecule has 166 valence electrons. The molecule has 0 bridgehead atoms. The Labute approximate surface area is 187 Å². The minimum absolute atomic E-state index is 0.0879. The standard InChI is InChI=1S/C25H28N4O3/c1-18-4-6-20(7-5-18)23-12-13-24(30)29(26-23)19(2)25(31)28-16-14-27(15-17-28)21-8-10-22(32-3)11-9-21/h4-13,19H,14-17H2,1-3H3. The van der Waals surface area contributed by atoms with Gasteiger partial charge in [-0.25, -0.2) is 4.68 Å². The third-order valence-corrected chi connectivity index (χ3v) is 5.93. The van der Waals surface area contributed by atoms with Crippen LogP contribution in [-0.4, -0.2) is 53.9 Å². The Morgan fingerprint density at radius 2 is 1.59 bits per heavy atom. The van der Waals surface area contributed by atoms with Crippen molar-refractivity contribution in [2.45, 2.75) is 19.9 Å². The molecule has 4 rings (SSSR count). The van der Waals surface area contributed by atoms with Crippen LogP contribution in [0, 0.1) is 6.92 Å². The van der Waals surface area contributed by atoms with E-state index in [0.717, 1.165) is 35.7 Å². The van der Waals surface area contributed by atoms with Crippen LogP contribution < -0.4 is 15.2 Å². The van der Waals surface area contributed by atoms with Crippen LogP contribution in [0.15, 0.2) is 65.5 Å². The van der Waals surface area contributed by atoms with Gasteiger partial charge < -0.3 is 14.5 Å². The van der Waals surface area contributed by atoms with E-state index in [-0.39, 0.29) is 11.5 Å². The second-order valence-corrected chi connectivity index (χ2v) is 8.05. The second kappa shape index (κ2) is 9.26. The van der Waals surface area contributed by atoms with E-state index in [1.54, 1.807) is 20.1 Å². The van der Waals surface area contributed by atoms with Crippen molar-refractivity contribution in [1.29, 1.82) is 0 Å². The van der Waals surface area contributed by atoms with Gasteiger partial charge in [-0.1, -0.05) is 29.8 Å². The monoisotopic (exact) mass is 432 g/mol. The number of hydrogen-bond acceptors (Lipinski definition) is 5. The molecule has 0 N–H and O–H groups in total. The molecular formula is C25H28N4O3. The van der Waals surface area contributed by atoms with Crippen molar-refractivity contribution in [3.8, 4) is 17.0 Å². The predicted octanol–water partition coefficient (Wildman–Crippen LogP) is 3.14. The Balaban J connectivity index is 1.45. The Hall–Kier alpha value is -3.61. The molecular weight excluding hydrogens is 404 g/mol. The smallest absolute Gasteiger partial charge is 0.267 e. The van der Waals surface area contributed by atoms with Gasteiger partial charge in [-0.05, 0) is 44.2 Å². The summed E-state index contributed by atoms with van der Waals surface area (Å²) in [6.45, 7) is 6.43. The highest BCUT2D eigenvalue weighted by Gasteiger charge is 2.27. The molecule has 1 saturated heterocycles. The minimum Gasteiger partial charge on any atom is -0.497 e. The average Bonchev–Trinajstić information content (AvgIpc) is 2.84. The molecule has 2 heterocycles. The summed E-state index contributed by atoms with van der Waals surface area (Å²) < 4.78 is 6.52. The third-order valence-electron chi connectivity index (χ3n) is 5.93. The van der Waals surface area contributed by atoms with Crippen LogP contribution in [-0.2, 0) is 4.79 Å². The molecule has 0 spiro atoms. The number of hydrogen-bond donors (Lipinski definition) is 0. The first-order valence-electron chi connectivity index (χ1n) is 10.8. The summed E-state index contributed by atoms with van der Waals surface area (Å²) in [5, 5.41) is 4.50. The molecule has 1 atom stereocenters. The highest BCUT2D eigenvalue weighted by Crippen LogP contribution is 2.22. The number of rotatable bonds is 5. The number of anilines is 1. The number of methoxy groups -OCH3 is 1. The van der Waals surface area contributed by atoms with E-state index < -0.39 is 6.04 Å². The molecule has 1 aliphatic heterocycles. The number of carbonyl (C=O) groups excluding carboxylic acids is 1. The van der Waals surface area contributed by atoms with E-state index in [1.807, 2.05) is 60.4 Å². The van der Waals surface area contributed by atoms with Crippen molar-refractivity contribution in [3.63, 3.8) is 0 Å². The number of carbonyl (C=O) groups is 1. The summed E-state index contributed by atoms with van der Waals surface area (Å²) in [4.78, 5) is 29.7. The van der Waals surface area contributed by atoms with Gasteiger partial charge in [-0.3, -0.25) is 9.59 Å². The molecule has 0 saturated carbocycles. The van der Waals surface area contributed by atoms with Crippen molar-refractivity contribution in [2.75, 3.05) is 38.2 Å². The topological polar surface area (TPSA) is 67.7 Å². The summed E-state index contributed by atoms with van der Waals surface area (Å²) in [5.74, 6) is 0.734. The van der Waals surface area contributed by atoms with Gasteiger partial charge in [0.25, 0.3) is 5.56 Å². The molecule has 0 aliphatic carbocycles. The lowest BCUT2D eigenvalue weighted by atomic mass is 10.1. The molecule has 1 aromatic heterocycles. The lowest BCUT2D eigenvalue weighted by molar-refractivity contribution is -0.135. The van der Waals surface area contributed by atoms with Gasteiger partial charge >= 0.3 is 0 Å². The number of benzene rings is 2. The van der Waals surface area contributed by atoms with Crippen LogP contribution in [0.4, 0.5) is 5.69 Å². The number of aromatic nitrogens is 2. The van der Waals surface area contributed by atoms with Gasteiger partial charge in [0.15, 0.2) is 0 Å². The van der Waals surface area contributed by atoms with Crippen molar-refractivity contribution in [3.05, 3.63) is 76.6 Å². The summed E-state index contributed by atoms with van der Waals surface area (Å²) in [5.41, 5.74) is 3.57. The van der Waals surface area contributed by atoms with E-state index in [9.17, 15) is 9.59 Å². The zero-order valence-corrected chi connectivity index (χ0v) is 18.7.